The Morgan fingerprint density at radius 3 is 2.74 bits per heavy atom. The van der Waals surface area contributed by atoms with E-state index in [2.05, 4.69) is 30.4 Å². The molecular weight excluding hydrogens is 262 g/mol. The van der Waals surface area contributed by atoms with Crippen molar-refractivity contribution in [1.29, 1.82) is 0 Å². The van der Waals surface area contributed by atoms with Gasteiger partial charge in [0.1, 0.15) is 12.7 Å². The first kappa shape index (κ1) is 11.7. The van der Waals surface area contributed by atoms with Crippen molar-refractivity contribution in [2.45, 2.75) is 6.92 Å². The summed E-state index contributed by atoms with van der Waals surface area (Å²) in [6, 6.07) is 4.04. The first-order chi connectivity index (χ1) is 9.26. The highest BCUT2D eigenvalue weighted by Crippen LogP contribution is 2.25. The first-order valence-corrected chi connectivity index (χ1v) is 6.43. The molecule has 0 radical (unpaired) electrons. The number of hydrogen-bond donors (Lipinski definition) is 1. The number of rotatable bonds is 3. The molecule has 0 fully saturated rings. The molecule has 96 valence electrons. The zero-order valence-electron chi connectivity index (χ0n) is 10.4. The Bertz CT molecular complexity index is 689. The highest BCUT2D eigenvalue weighted by molar-refractivity contribution is 7.15. The molecule has 3 rings (SSSR count). The second-order valence-electron chi connectivity index (χ2n) is 3.78. The van der Waals surface area contributed by atoms with Crippen molar-refractivity contribution in [3.8, 4) is 16.6 Å². The van der Waals surface area contributed by atoms with E-state index >= 15 is 0 Å². The molecule has 0 aliphatic heterocycles. The molecule has 0 saturated carbocycles. The molecule has 3 aromatic rings. The smallest absolute Gasteiger partial charge is 0.257 e. The number of thiophene rings is 1. The highest BCUT2D eigenvalue weighted by Gasteiger charge is 2.11. The van der Waals surface area contributed by atoms with Gasteiger partial charge in [-0.3, -0.25) is 0 Å². The van der Waals surface area contributed by atoms with Crippen LogP contribution in [0.15, 0.2) is 24.8 Å². The normalized spacial score (nSPS) is 10.6. The Balaban J connectivity index is 2.12. The Labute approximate surface area is 113 Å². The van der Waals surface area contributed by atoms with E-state index in [1.807, 2.05) is 19.1 Å². The standard InChI is InChI=1S/C11H11N7S/c1-7-3-4-8(19-7)9-15-10(12-2)17-11(16-9)18-6-13-5-14-18/h3-6H,1-2H3,(H,12,15,16,17). The lowest BCUT2D eigenvalue weighted by Crippen LogP contribution is -2.07. The fraction of sp³-hybridized carbons (Fsp3) is 0.182. The fourth-order valence-corrected chi connectivity index (χ4v) is 2.36. The molecular formula is C11H11N7S. The molecule has 7 nitrogen and oxygen atoms in total. The number of nitrogens with zero attached hydrogens (tertiary/aromatic N) is 6. The number of anilines is 1. The molecule has 3 heterocycles. The third-order valence-electron chi connectivity index (χ3n) is 2.43. The van der Waals surface area contributed by atoms with Crippen LogP contribution in [0.2, 0.25) is 0 Å². The quantitative estimate of drug-likeness (QED) is 0.779. The Morgan fingerprint density at radius 2 is 2.11 bits per heavy atom. The minimum Gasteiger partial charge on any atom is -0.357 e. The van der Waals surface area contributed by atoms with Gasteiger partial charge in [0.25, 0.3) is 5.95 Å². The van der Waals surface area contributed by atoms with Crippen molar-refractivity contribution in [1.82, 2.24) is 29.7 Å². The topological polar surface area (TPSA) is 81.4 Å². The predicted molar refractivity (Wildman–Crippen MR) is 72.3 cm³/mol. The van der Waals surface area contributed by atoms with E-state index in [1.54, 1.807) is 24.7 Å². The van der Waals surface area contributed by atoms with Gasteiger partial charge < -0.3 is 5.32 Å². The maximum absolute atomic E-state index is 4.42. The minimum atomic E-state index is 0.443. The fourth-order valence-electron chi connectivity index (χ4n) is 1.56. The number of hydrogen-bond acceptors (Lipinski definition) is 7. The summed E-state index contributed by atoms with van der Waals surface area (Å²) in [6.07, 6.45) is 3.00. The van der Waals surface area contributed by atoms with Crippen LogP contribution in [0.25, 0.3) is 16.6 Å². The molecule has 0 amide bonds. The van der Waals surface area contributed by atoms with Gasteiger partial charge >= 0.3 is 0 Å². The summed E-state index contributed by atoms with van der Waals surface area (Å²) in [4.78, 5) is 19.1. The van der Waals surface area contributed by atoms with Crippen molar-refractivity contribution in [2.24, 2.45) is 0 Å². The third-order valence-corrected chi connectivity index (χ3v) is 3.43. The number of aromatic nitrogens is 6. The van der Waals surface area contributed by atoms with Gasteiger partial charge in [-0.25, -0.2) is 4.98 Å². The van der Waals surface area contributed by atoms with Gasteiger partial charge in [-0.1, -0.05) is 0 Å². The third kappa shape index (κ3) is 2.29. The van der Waals surface area contributed by atoms with Gasteiger partial charge in [0.15, 0.2) is 5.82 Å². The van der Waals surface area contributed by atoms with Crippen LogP contribution in [-0.4, -0.2) is 36.8 Å². The minimum absolute atomic E-state index is 0.443. The van der Waals surface area contributed by atoms with Gasteiger partial charge in [-0.2, -0.15) is 24.7 Å². The molecule has 0 bridgehead atoms. The molecule has 0 unspecified atom stereocenters. The van der Waals surface area contributed by atoms with Crippen molar-refractivity contribution in [3.05, 3.63) is 29.7 Å². The average Bonchev–Trinajstić information content (AvgIpc) is 3.09. The van der Waals surface area contributed by atoms with Crippen LogP contribution in [0.5, 0.6) is 0 Å². The van der Waals surface area contributed by atoms with Gasteiger partial charge in [-0.05, 0) is 19.1 Å². The summed E-state index contributed by atoms with van der Waals surface area (Å²) in [5.74, 6) is 1.57. The van der Waals surface area contributed by atoms with Crippen LogP contribution in [0.3, 0.4) is 0 Å². The largest absolute Gasteiger partial charge is 0.357 e. The molecule has 3 aromatic heterocycles. The van der Waals surface area contributed by atoms with Gasteiger partial charge in [0, 0.05) is 11.9 Å². The van der Waals surface area contributed by atoms with E-state index in [0.717, 1.165) is 4.88 Å². The summed E-state index contributed by atoms with van der Waals surface area (Å²) in [7, 11) is 1.77. The summed E-state index contributed by atoms with van der Waals surface area (Å²) in [5.41, 5.74) is 0. The first-order valence-electron chi connectivity index (χ1n) is 5.62. The predicted octanol–water partition coefficient (Wildman–Crippen LogP) is 1.53. The lowest BCUT2D eigenvalue weighted by atomic mass is 10.4. The van der Waals surface area contributed by atoms with Crippen LogP contribution in [0.4, 0.5) is 5.95 Å². The van der Waals surface area contributed by atoms with Crippen molar-refractivity contribution in [2.75, 3.05) is 12.4 Å². The highest BCUT2D eigenvalue weighted by atomic mass is 32.1. The van der Waals surface area contributed by atoms with Crippen LogP contribution >= 0.6 is 11.3 Å². The second kappa shape index (κ2) is 4.73. The van der Waals surface area contributed by atoms with E-state index in [1.165, 1.54) is 15.9 Å². The molecule has 0 spiro atoms. The molecule has 0 aromatic carbocycles. The zero-order chi connectivity index (χ0) is 13.2. The second-order valence-corrected chi connectivity index (χ2v) is 5.07. The maximum Gasteiger partial charge on any atom is 0.257 e. The molecule has 8 heteroatoms. The van der Waals surface area contributed by atoms with E-state index in [4.69, 9.17) is 0 Å². The van der Waals surface area contributed by atoms with E-state index in [0.29, 0.717) is 17.7 Å². The van der Waals surface area contributed by atoms with Crippen LogP contribution in [0, 0.1) is 6.92 Å². The lowest BCUT2D eigenvalue weighted by Gasteiger charge is -2.04. The van der Waals surface area contributed by atoms with Crippen LogP contribution in [-0.2, 0) is 0 Å². The average molecular weight is 273 g/mol. The summed E-state index contributed by atoms with van der Waals surface area (Å²) < 4.78 is 1.51. The van der Waals surface area contributed by atoms with Crippen molar-refractivity contribution in [3.63, 3.8) is 0 Å². The molecule has 0 atom stereocenters. The van der Waals surface area contributed by atoms with Crippen molar-refractivity contribution >= 4 is 17.3 Å². The Morgan fingerprint density at radius 1 is 1.21 bits per heavy atom. The van der Waals surface area contributed by atoms with Gasteiger partial charge in [-0.15, -0.1) is 11.3 Å². The van der Waals surface area contributed by atoms with Crippen LogP contribution < -0.4 is 5.32 Å². The Hall–Kier alpha value is -2.35. The molecule has 0 aliphatic carbocycles. The molecule has 0 saturated heterocycles. The zero-order valence-corrected chi connectivity index (χ0v) is 11.2. The Kier molecular flexibility index (Phi) is 2.92. The summed E-state index contributed by atoms with van der Waals surface area (Å²) >= 11 is 1.64. The molecule has 19 heavy (non-hydrogen) atoms. The van der Waals surface area contributed by atoms with E-state index in [9.17, 15) is 0 Å². The van der Waals surface area contributed by atoms with Gasteiger partial charge in [0.2, 0.25) is 5.95 Å². The number of nitrogens with one attached hydrogen (secondary N) is 1. The molecule has 1 N–H and O–H groups in total. The monoisotopic (exact) mass is 273 g/mol. The number of aryl methyl sites for hydroxylation is 1. The van der Waals surface area contributed by atoms with Crippen LogP contribution in [0.1, 0.15) is 4.88 Å². The van der Waals surface area contributed by atoms with E-state index in [-0.39, 0.29) is 0 Å². The molecule has 0 aliphatic rings. The SMILES string of the molecule is CNc1nc(-c2ccc(C)s2)nc(-n2cncn2)n1. The summed E-state index contributed by atoms with van der Waals surface area (Å²) in [5, 5.41) is 6.96. The summed E-state index contributed by atoms with van der Waals surface area (Å²) in [6.45, 7) is 2.05. The van der Waals surface area contributed by atoms with Crippen molar-refractivity contribution < 1.29 is 0 Å². The van der Waals surface area contributed by atoms with E-state index < -0.39 is 0 Å². The lowest BCUT2D eigenvalue weighted by molar-refractivity contribution is 0.799. The van der Waals surface area contributed by atoms with Gasteiger partial charge in [0.05, 0.1) is 4.88 Å². The maximum atomic E-state index is 4.42.